The fraction of sp³-hybridized carbons (Fsp3) is 0.167. The van der Waals surface area contributed by atoms with Crippen LogP contribution in [0.2, 0.25) is 0 Å². The number of hydrogen-bond acceptors (Lipinski definition) is 2. The largest absolute Gasteiger partial charge is 0.347 e. The average Bonchev–Trinajstić information content (AvgIpc) is 2.95. The van der Waals surface area contributed by atoms with Gasteiger partial charge in [0.2, 0.25) is 0 Å². The molecule has 4 rings (SSSR count). The Labute approximate surface area is 133 Å². The van der Waals surface area contributed by atoms with Gasteiger partial charge >= 0.3 is 0 Å². The number of nitrogens with one attached hydrogen (secondary N) is 1. The molecule has 0 saturated heterocycles. The molecule has 0 spiro atoms. The first kappa shape index (κ1) is 13.5. The van der Waals surface area contributed by atoms with Crippen LogP contribution in [-0.4, -0.2) is 16.2 Å². The van der Waals surface area contributed by atoms with Gasteiger partial charge in [0.25, 0.3) is 5.91 Å². The van der Waals surface area contributed by atoms with Crippen LogP contribution in [0, 0.1) is 0 Å². The van der Waals surface area contributed by atoms with Gasteiger partial charge in [-0.1, -0.05) is 42.5 Å². The van der Waals surface area contributed by atoms with E-state index in [9.17, 15) is 4.79 Å². The van der Waals surface area contributed by atoms with E-state index in [1.165, 1.54) is 10.4 Å². The summed E-state index contributed by atoms with van der Waals surface area (Å²) in [6.07, 6.45) is 0. The highest BCUT2D eigenvalue weighted by Crippen LogP contribution is 2.34. The van der Waals surface area contributed by atoms with E-state index in [4.69, 9.17) is 0 Å². The summed E-state index contributed by atoms with van der Waals surface area (Å²) in [6.45, 7) is 1.45. The summed E-state index contributed by atoms with van der Waals surface area (Å²) in [5.41, 5.74) is 3.07. The average molecular weight is 308 g/mol. The van der Waals surface area contributed by atoms with Crippen LogP contribution in [-0.2, 0) is 13.1 Å². The first-order chi connectivity index (χ1) is 10.8. The maximum absolute atomic E-state index is 12.6. The molecule has 3 nitrogen and oxygen atoms in total. The van der Waals surface area contributed by atoms with Gasteiger partial charge in [-0.05, 0) is 17.7 Å². The number of aromatic nitrogens is 1. The minimum absolute atomic E-state index is 0.00194. The highest BCUT2D eigenvalue weighted by atomic mass is 32.2. The lowest BCUT2D eigenvalue weighted by Gasteiger charge is -2.17. The van der Waals surface area contributed by atoms with Crippen LogP contribution in [0.25, 0.3) is 10.9 Å². The van der Waals surface area contributed by atoms with Gasteiger partial charge in [0.05, 0.1) is 5.52 Å². The first-order valence-corrected chi connectivity index (χ1v) is 8.39. The molecule has 2 heterocycles. The molecule has 3 aromatic rings. The molecule has 0 unspecified atom stereocenters. The molecule has 0 bridgehead atoms. The SMILES string of the molecule is O=C(NCc1ccccc1)c1cc2cccc3c2n1CCS3. The molecule has 2 aromatic carbocycles. The molecular formula is C18H16N2OS. The van der Waals surface area contributed by atoms with Crippen LogP contribution < -0.4 is 5.32 Å². The summed E-state index contributed by atoms with van der Waals surface area (Å²) < 4.78 is 2.15. The van der Waals surface area contributed by atoms with E-state index in [1.807, 2.05) is 48.2 Å². The summed E-state index contributed by atoms with van der Waals surface area (Å²) in [5.74, 6) is 1.01. The van der Waals surface area contributed by atoms with Crippen molar-refractivity contribution >= 4 is 28.6 Å². The second-order valence-corrected chi connectivity index (χ2v) is 6.53. The zero-order valence-electron chi connectivity index (χ0n) is 12.1. The lowest BCUT2D eigenvalue weighted by atomic mass is 10.2. The lowest BCUT2D eigenvalue weighted by molar-refractivity contribution is 0.0942. The van der Waals surface area contributed by atoms with Crippen LogP contribution in [0.4, 0.5) is 0 Å². The maximum atomic E-state index is 12.6. The van der Waals surface area contributed by atoms with Crippen molar-refractivity contribution in [2.24, 2.45) is 0 Å². The maximum Gasteiger partial charge on any atom is 0.268 e. The Kier molecular flexibility index (Phi) is 3.39. The minimum Gasteiger partial charge on any atom is -0.347 e. The smallest absolute Gasteiger partial charge is 0.268 e. The Balaban J connectivity index is 1.64. The van der Waals surface area contributed by atoms with Crippen LogP contribution in [0.5, 0.6) is 0 Å². The molecule has 0 atom stereocenters. The number of aryl methyl sites for hydroxylation is 1. The molecule has 1 amide bonds. The van der Waals surface area contributed by atoms with E-state index in [-0.39, 0.29) is 5.91 Å². The van der Waals surface area contributed by atoms with Crippen molar-refractivity contribution in [3.63, 3.8) is 0 Å². The van der Waals surface area contributed by atoms with Crippen molar-refractivity contribution in [1.29, 1.82) is 0 Å². The molecule has 0 saturated carbocycles. The van der Waals surface area contributed by atoms with Crippen molar-refractivity contribution in [1.82, 2.24) is 9.88 Å². The molecule has 110 valence electrons. The minimum atomic E-state index is -0.00194. The molecule has 22 heavy (non-hydrogen) atoms. The van der Waals surface area contributed by atoms with Gasteiger partial charge in [0, 0.05) is 29.1 Å². The third-order valence-corrected chi connectivity index (χ3v) is 5.01. The molecule has 0 radical (unpaired) electrons. The Morgan fingerprint density at radius 2 is 2.00 bits per heavy atom. The van der Waals surface area contributed by atoms with Crippen molar-refractivity contribution in [2.45, 2.75) is 18.0 Å². The molecular weight excluding hydrogens is 292 g/mol. The van der Waals surface area contributed by atoms with Crippen LogP contribution in [0.15, 0.2) is 59.5 Å². The zero-order valence-corrected chi connectivity index (χ0v) is 12.9. The third-order valence-electron chi connectivity index (χ3n) is 3.98. The van der Waals surface area contributed by atoms with Gasteiger partial charge in [0.15, 0.2) is 0 Å². The number of thioether (sulfide) groups is 1. The summed E-state index contributed by atoms with van der Waals surface area (Å²) in [5, 5.41) is 4.18. The van der Waals surface area contributed by atoms with Gasteiger partial charge in [0.1, 0.15) is 5.69 Å². The van der Waals surface area contributed by atoms with Gasteiger partial charge in [-0.15, -0.1) is 11.8 Å². The number of carbonyl (C=O) groups excluding carboxylic acids is 1. The Morgan fingerprint density at radius 3 is 2.86 bits per heavy atom. The van der Waals surface area contributed by atoms with Crippen molar-refractivity contribution < 1.29 is 4.79 Å². The van der Waals surface area contributed by atoms with Gasteiger partial charge in [-0.25, -0.2) is 0 Å². The number of nitrogens with zero attached hydrogens (tertiary/aromatic N) is 1. The van der Waals surface area contributed by atoms with Crippen molar-refractivity contribution in [3.05, 3.63) is 65.9 Å². The van der Waals surface area contributed by atoms with Gasteiger partial charge in [-0.3, -0.25) is 4.79 Å². The predicted octanol–water partition coefficient (Wildman–Crippen LogP) is 3.68. The van der Waals surface area contributed by atoms with Gasteiger partial charge in [-0.2, -0.15) is 0 Å². The van der Waals surface area contributed by atoms with Crippen molar-refractivity contribution in [2.75, 3.05) is 5.75 Å². The summed E-state index contributed by atoms with van der Waals surface area (Å²) in [6, 6.07) is 18.3. The van der Waals surface area contributed by atoms with E-state index in [0.29, 0.717) is 6.54 Å². The molecule has 1 aromatic heterocycles. The number of para-hydroxylation sites is 1. The fourth-order valence-electron chi connectivity index (χ4n) is 2.94. The topological polar surface area (TPSA) is 34.0 Å². The summed E-state index contributed by atoms with van der Waals surface area (Å²) in [7, 11) is 0. The standard InChI is InChI=1S/C18H16N2OS/c21-18(19-12-13-5-2-1-3-6-13)15-11-14-7-4-8-16-17(14)20(15)9-10-22-16/h1-8,11H,9-10,12H2,(H,19,21). The number of benzene rings is 2. The fourth-order valence-corrected chi connectivity index (χ4v) is 3.98. The third kappa shape index (κ3) is 2.29. The Hall–Kier alpha value is -2.20. The summed E-state index contributed by atoms with van der Waals surface area (Å²) in [4.78, 5) is 13.8. The van der Waals surface area contributed by atoms with E-state index in [0.717, 1.165) is 28.9 Å². The molecule has 1 aliphatic rings. The van der Waals surface area contributed by atoms with Crippen LogP contribution >= 0.6 is 11.8 Å². The Morgan fingerprint density at radius 1 is 1.14 bits per heavy atom. The van der Waals surface area contributed by atoms with Crippen LogP contribution in [0.1, 0.15) is 16.1 Å². The highest BCUT2D eigenvalue weighted by Gasteiger charge is 2.20. The summed E-state index contributed by atoms with van der Waals surface area (Å²) >= 11 is 1.86. The van der Waals surface area contributed by atoms with E-state index < -0.39 is 0 Å². The molecule has 1 aliphatic heterocycles. The second kappa shape index (κ2) is 5.54. The monoisotopic (exact) mass is 308 g/mol. The second-order valence-electron chi connectivity index (χ2n) is 5.39. The zero-order chi connectivity index (χ0) is 14.9. The number of amides is 1. The van der Waals surface area contributed by atoms with E-state index in [1.54, 1.807) is 0 Å². The number of hydrogen-bond donors (Lipinski definition) is 1. The molecule has 1 N–H and O–H groups in total. The molecule has 0 fully saturated rings. The van der Waals surface area contributed by atoms with E-state index >= 15 is 0 Å². The van der Waals surface area contributed by atoms with Crippen LogP contribution in [0.3, 0.4) is 0 Å². The Bertz CT molecular complexity index is 839. The van der Waals surface area contributed by atoms with Gasteiger partial charge < -0.3 is 9.88 Å². The quantitative estimate of drug-likeness (QED) is 0.801. The normalized spacial score (nSPS) is 13.3. The molecule has 0 aliphatic carbocycles. The predicted molar refractivity (Wildman–Crippen MR) is 90.3 cm³/mol. The number of rotatable bonds is 3. The van der Waals surface area contributed by atoms with Crippen molar-refractivity contribution in [3.8, 4) is 0 Å². The highest BCUT2D eigenvalue weighted by molar-refractivity contribution is 7.99. The van der Waals surface area contributed by atoms with E-state index in [2.05, 4.69) is 28.1 Å². The number of carbonyl (C=O) groups is 1. The first-order valence-electron chi connectivity index (χ1n) is 7.40. The lowest BCUT2D eigenvalue weighted by Crippen LogP contribution is -2.26. The molecule has 4 heteroatoms.